The molecule has 0 bridgehead atoms. The van der Waals surface area contributed by atoms with Crippen LogP contribution >= 0.6 is 7.94 Å². The van der Waals surface area contributed by atoms with E-state index in [0.717, 1.165) is 33.9 Å². The van der Waals surface area contributed by atoms with Crippen molar-refractivity contribution in [2.24, 2.45) is 0 Å². The van der Waals surface area contributed by atoms with Crippen molar-refractivity contribution < 1.29 is 13.6 Å². The highest BCUT2D eigenvalue weighted by atomic mass is 31.2. The van der Waals surface area contributed by atoms with Crippen LogP contribution in [0.25, 0.3) is 0 Å². The minimum absolute atomic E-state index is 0.123. The second kappa shape index (κ2) is 11.9. The molecule has 0 aromatic heterocycles. The zero-order chi connectivity index (χ0) is 32.0. The van der Waals surface area contributed by atoms with E-state index in [1.165, 1.54) is 33.4 Å². The van der Waals surface area contributed by atoms with E-state index in [1.807, 2.05) is 0 Å². The minimum atomic E-state index is -3.06. The quantitative estimate of drug-likeness (QED) is 0.256. The fourth-order valence-corrected chi connectivity index (χ4v) is 7.63. The molecule has 0 radical (unpaired) electrons. The lowest BCUT2D eigenvalue weighted by Crippen LogP contribution is -2.24. The lowest BCUT2D eigenvalue weighted by Gasteiger charge is -2.31. The Labute approximate surface area is 258 Å². The maximum absolute atomic E-state index is 7.28. The molecule has 3 nitrogen and oxygen atoms in total. The van der Waals surface area contributed by atoms with E-state index >= 15 is 0 Å². The summed E-state index contributed by atoms with van der Waals surface area (Å²) in [5.74, 6) is 2.60. The van der Waals surface area contributed by atoms with E-state index in [-0.39, 0.29) is 16.2 Å². The third-order valence-electron chi connectivity index (χ3n) is 7.76. The molecule has 0 aliphatic rings. The van der Waals surface area contributed by atoms with Gasteiger partial charge in [0.25, 0.3) is 0 Å². The molecule has 0 spiro atoms. The van der Waals surface area contributed by atoms with Crippen LogP contribution in [0.4, 0.5) is 0 Å². The largest absolute Gasteiger partial charge is 0.541 e. The third kappa shape index (κ3) is 7.52. The molecule has 0 aliphatic heterocycles. The van der Waals surface area contributed by atoms with Gasteiger partial charge in [-0.3, -0.25) is 13.6 Å². The minimum Gasteiger partial charge on any atom is -0.271 e. The molecule has 0 saturated carbocycles. The number of rotatable bonds is 7. The first-order valence-electron chi connectivity index (χ1n) is 15.4. The number of hydrogen-bond donors (Lipinski definition) is 0. The highest BCUT2D eigenvalue weighted by molar-refractivity contribution is 7.62. The van der Waals surface area contributed by atoms with Crippen molar-refractivity contribution in [2.45, 2.75) is 127 Å². The summed E-state index contributed by atoms with van der Waals surface area (Å²) in [5.41, 5.74) is 10.1. The van der Waals surface area contributed by atoms with Crippen molar-refractivity contribution in [2.75, 3.05) is 6.16 Å². The topological polar surface area (TPSA) is 27.7 Å². The van der Waals surface area contributed by atoms with Gasteiger partial charge in [-0.2, -0.15) is 0 Å². The molecule has 0 unspecified atom stereocenters. The zero-order valence-corrected chi connectivity index (χ0v) is 30.2. The molecule has 0 heterocycles. The molecule has 0 saturated heterocycles. The summed E-state index contributed by atoms with van der Waals surface area (Å²) in [6, 6.07) is 13.4. The van der Waals surface area contributed by atoms with Gasteiger partial charge < -0.3 is 0 Å². The van der Waals surface area contributed by atoms with Crippen LogP contribution in [0.5, 0.6) is 17.2 Å². The Bertz CT molecular complexity index is 1270. The van der Waals surface area contributed by atoms with Crippen LogP contribution in [0.1, 0.15) is 119 Å². The summed E-state index contributed by atoms with van der Waals surface area (Å²) in [4.78, 5) is 0. The van der Waals surface area contributed by atoms with Gasteiger partial charge in [-0.1, -0.05) is 115 Å². The molecule has 0 atom stereocenters. The monoisotopic (exact) mass is 591 g/mol. The van der Waals surface area contributed by atoms with Gasteiger partial charge >= 0.3 is 7.94 Å². The predicted octanol–water partition coefficient (Wildman–Crippen LogP) is 11.7. The second-order valence-electron chi connectivity index (χ2n) is 15.3. The van der Waals surface area contributed by atoms with Gasteiger partial charge in [0.05, 0.1) is 0 Å². The van der Waals surface area contributed by atoms with E-state index in [9.17, 15) is 0 Å². The summed E-state index contributed by atoms with van der Waals surface area (Å²) in [6.07, 6.45) is 0.581. The summed E-state index contributed by atoms with van der Waals surface area (Å²) in [5, 5.41) is 0. The maximum atomic E-state index is 7.28. The van der Waals surface area contributed by atoms with Crippen molar-refractivity contribution in [3.8, 4) is 17.2 Å². The molecule has 0 amide bonds. The molecule has 3 rings (SSSR count). The Kier molecular flexibility index (Phi) is 9.61. The number of hydrogen-bond acceptors (Lipinski definition) is 3. The first-order valence-corrected chi connectivity index (χ1v) is 17.1. The second-order valence-corrected chi connectivity index (χ2v) is 17.7. The van der Waals surface area contributed by atoms with E-state index < -0.39 is 7.94 Å². The van der Waals surface area contributed by atoms with Crippen molar-refractivity contribution >= 4 is 7.94 Å². The molecule has 3 aromatic rings. The molecule has 230 valence electrons. The fourth-order valence-electron chi connectivity index (χ4n) is 5.56. The van der Waals surface area contributed by atoms with Crippen LogP contribution in [-0.4, -0.2) is 6.16 Å². The summed E-state index contributed by atoms with van der Waals surface area (Å²) in [6.45, 7) is 35.2. The number of aryl methyl sites for hydroxylation is 6. The summed E-state index contributed by atoms with van der Waals surface area (Å²) >= 11 is 0. The van der Waals surface area contributed by atoms with Crippen LogP contribution in [0, 0.1) is 41.5 Å². The van der Waals surface area contributed by atoms with Gasteiger partial charge in [0.2, 0.25) is 0 Å². The first kappa shape index (κ1) is 34.0. The molecule has 0 aliphatic carbocycles. The Morgan fingerprint density at radius 3 is 0.881 bits per heavy atom. The van der Waals surface area contributed by atoms with Crippen LogP contribution in [-0.2, 0) is 16.2 Å². The highest BCUT2D eigenvalue weighted by Gasteiger charge is 2.51. The number of benzene rings is 3. The lowest BCUT2D eigenvalue weighted by atomic mass is 9.84. The van der Waals surface area contributed by atoms with E-state index in [4.69, 9.17) is 13.6 Å². The SMILES string of the molecule is CC[P+](Oc1c(C)cc(C)cc1C(C)(C)C)(Oc1c(C)cc(C)cc1C(C)(C)C)Oc1c(C)cc(C)cc1C(C)(C)C. The van der Waals surface area contributed by atoms with E-state index in [1.54, 1.807) is 0 Å². The van der Waals surface area contributed by atoms with Crippen LogP contribution in [0.2, 0.25) is 0 Å². The molecule has 0 fully saturated rings. The van der Waals surface area contributed by atoms with Crippen LogP contribution in [0.15, 0.2) is 36.4 Å². The van der Waals surface area contributed by atoms with Crippen molar-refractivity contribution in [1.29, 1.82) is 0 Å². The third-order valence-corrected chi connectivity index (χ3v) is 9.92. The van der Waals surface area contributed by atoms with Gasteiger partial charge in [0, 0.05) is 16.7 Å². The van der Waals surface area contributed by atoms with Crippen LogP contribution in [0.3, 0.4) is 0 Å². The molecular formula is C38H56O3P+. The smallest absolute Gasteiger partial charge is 0.271 e. The Hall–Kier alpha value is -2.51. The van der Waals surface area contributed by atoms with Gasteiger partial charge in [-0.15, -0.1) is 0 Å². The van der Waals surface area contributed by atoms with Gasteiger partial charge in [-0.05, 0) is 81.4 Å². The van der Waals surface area contributed by atoms with E-state index in [2.05, 4.69) is 147 Å². The average Bonchev–Trinajstić information content (AvgIpc) is 2.81. The average molecular weight is 592 g/mol. The predicted molar refractivity (Wildman–Crippen MR) is 183 cm³/mol. The summed E-state index contributed by atoms with van der Waals surface area (Å²) < 4.78 is 21.8. The van der Waals surface area contributed by atoms with Crippen molar-refractivity contribution in [3.63, 3.8) is 0 Å². The lowest BCUT2D eigenvalue weighted by molar-refractivity contribution is 0.340. The first-order chi connectivity index (χ1) is 19.1. The van der Waals surface area contributed by atoms with Gasteiger partial charge in [-0.25, -0.2) is 0 Å². The Balaban J connectivity index is 2.38. The molecule has 42 heavy (non-hydrogen) atoms. The molecule has 4 heteroatoms. The van der Waals surface area contributed by atoms with Gasteiger partial charge in [0.15, 0.2) is 23.4 Å². The Morgan fingerprint density at radius 1 is 0.452 bits per heavy atom. The van der Waals surface area contributed by atoms with Crippen LogP contribution < -0.4 is 13.6 Å². The highest BCUT2D eigenvalue weighted by Crippen LogP contribution is 2.64. The Morgan fingerprint density at radius 2 is 0.690 bits per heavy atom. The summed E-state index contributed by atoms with van der Waals surface area (Å²) in [7, 11) is -3.06. The molecular weight excluding hydrogens is 535 g/mol. The normalized spacial score (nSPS) is 12.9. The zero-order valence-electron chi connectivity index (χ0n) is 29.3. The maximum Gasteiger partial charge on any atom is 0.541 e. The fraction of sp³-hybridized carbons (Fsp3) is 0.526. The van der Waals surface area contributed by atoms with Crippen molar-refractivity contribution in [3.05, 3.63) is 86.5 Å². The van der Waals surface area contributed by atoms with E-state index in [0.29, 0.717) is 6.16 Å². The molecule has 3 aromatic carbocycles. The standard InChI is InChI=1S/C38H56O3P/c1-17-42(39-33-27(5)18-24(2)21-30(33)36(8,9)10,40-34-28(6)19-25(3)22-31(34)37(11,12)13)41-35-29(7)20-26(4)23-32(35)38(14,15)16/h18-23H,17H2,1-16H3/q+1. The van der Waals surface area contributed by atoms with Gasteiger partial charge in [0.1, 0.15) is 0 Å². The van der Waals surface area contributed by atoms with Crippen molar-refractivity contribution in [1.82, 2.24) is 0 Å². The molecule has 0 N–H and O–H groups in total.